The second kappa shape index (κ2) is 2.38. The van der Waals surface area contributed by atoms with Crippen molar-refractivity contribution >= 4 is 0 Å². The van der Waals surface area contributed by atoms with E-state index in [2.05, 4.69) is 29.9 Å². The third-order valence-corrected chi connectivity index (χ3v) is 2.46. The molecular weight excluding hydrogens is 136 g/mol. The summed E-state index contributed by atoms with van der Waals surface area (Å²) in [6, 6.07) is 4.44. The molecule has 0 amide bonds. The predicted octanol–water partition coefficient (Wildman–Crippen LogP) is 1.43. The Morgan fingerprint density at radius 3 is 2.82 bits per heavy atom. The molecule has 1 atom stereocenters. The Kier molecular flexibility index (Phi) is 1.50. The highest BCUT2D eigenvalue weighted by Crippen LogP contribution is 2.39. The molecule has 0 spiro atoms. The topological polar surface area (TPSA) is 30.9 Å². The molecular formula is C9H14N2. The van der Waals surface area contributed by atoms with Gasteiger partial charge in [-0.3, -0.25) is 0 Å². The van der Waals surface area contributed by atoms with Crippen molar-refractivity contribution in [2.45, 2.75) is 18.9 Å². The van der Waals surface area contributed by atoms with E-state index in [9.17, 15) is 0 Å². The van der Waals surface area contributed by atoms with Gasteiger partial charge in [-0.25, -0.2) is 0 Å². The van der Waals surface area contributed by atoms with Gasteiger partial charge in [-0.05, 0) is 30.9 Å². The lowest BCUT2D eigenvalue weighted by Gasteiger charge is -2.10. The van der Waals surface area contributed by atoms with Crippen LogP contribution in [0.1, 0.15) is 24.6 Å². The summed E-state index contributed by atoms with van der Waals surface area (Å²) in [5.41, 5.74) is 7.30. The first-order chi connectivity index (χ1) is 5.29. The Morgan fingerprint density at radius 2 is 2.36 bits per heavy atom. The molecule has 1 aromatic heterocycles. The van der Waals surface area contributed by atoms with Crippen LogP contribution in [0.3, 0.4) is 0 Å². The molecule has 1 aliphatic rings. The largest absolute Gasteiger partial charge is 0.353 e. The van der Waals surface area contributed by atoms with Crippen LogP contribution in [0.5, 0.6) is 0 Å². The van der Waals surface area contributed by atoms with E-state index in [1.54, 1.807) is 0 Å². The van der Waals surface area contributed by atoms with E-state index in [4.69, 9.17) is 5.73 Å². The molecule has 0 unspecified atom stereocenters. The summed E-state index contributed by atoms with van der Waals surface area (Å²) in [6.07, 6.45) is 4.68. The van der Waals surface area contributed by atoms with Gasteiger partial charge in [-0.15, -0.1) is 0 Å². The second-order valence-electron chi connectivity index (χ2n) is 3.41. The molecule has 2 N–H and O–H groups in total. The van der Waals surface area contributed by atoms with E-state index in [1.807, 2.05) is 0 Å². The predicted molar refractivity (Wildman–Crippen MR) is 45.1 cm³/mol. The molecule has 0 bridgehead atoms. The summed E-state index contributed by atoms with van der Waals surface area (Å²) in [7, 11) is 2.05. The normalized spacial score (nSPS) is 20.2. The van der Waals surface area contributed by atoms with Gasteiger partial charge in [0, 0.05) is 25.0 Å². The summed E-state index contributed by atoms with van der Waals surface area (Å²) >= 11 is 0. The fourth-order valence-electron chi connectivity index (χ4n) is 1.52. The Labute approximate surface area is 67.0 Å². The van der Waals surface area contributed by atoms with E-state index >= 15 is 0 Å². The van der Waals surface area contributed by atoms with E-state index in [0.29, 0.717) is 0 Å². The number of rotatable bonds is 2. The molecule has 1 fully saturated rings. The van der Waals surface area contributed by atoms with Gasteiger partial charge < -0.3 is 10.3 Å². The Balaban J connectivity index is 2.20. The maximum atomic E-state index is 6.02. The lowest BCUT2D eigenvalue weighted by Crippen LogP contribution is -2.15. The average molecular weight is 150 g/mol. The van der Waals surface area contributed by atoms with Crippen LogP contribution < -0.4 is 5.73 Å². The second-order valence-corrected chi connectivity index (χ2v) is 3.41. The SMILES string of the molecule is Cn1cccc1[C@H](N)C1CC1. The van der Waals surface area contributed by atoms with Crippen LogP contribution in [0.2, 0.25) is 0 Å². The molecule has 0 aromatic carbocycles. The van der Waals surface area contributed by atoms with Gasteiger partial charge in [0.25, 0.3) is 0 Å². The summed E-state index contributed by atoms with van der Waals surface area (Å²) in [5.74, 6) is 0.753. The molecule has 0 aliphatic heterocycles. The first kappa shape index (κ1) is 6.92. The molecule has 2 rings (SSSR count). The molecule has 2 nitrogen and oxygen atoms in total. The number of nitrogens with zero attached hydrogens (tertiary/aromatic N) is 1. The van der Waals surface area contributed by atoms with Crippen molar-refractivity contribution in [2.75, 3.05) is 0 Å². The number of aryl methyl sites for hydroxylation is 1. The van der Waals surface area contributed by atoms with Gasteiger partial charge in [0.2, 0.25) is 0 Å². The Hall–Kier alpha value is -0.760. The Bertz CT molecular complexity index is 248. The summed E-state index contributed by atoms with van der Waals surface area (Å²) in [5, 5.41) is 0. The van der Waals surface area contributed by atoms with Gasteiger partial charge >= 0.3 is 0 Å². The zero-order valence-electron chi connectivity index (χ0n) is 6.83. The molecule has 0 radical (unpaired) electrons. The highest BCUT2D eigenvalue weighted by molar-refractivity contribution is 5.13. The van der Waals surface area contributed by atoms with Gasteiger partial charge in [0.15, 0.2) is 0 Å². The number of nitrogens with two attached hydrogens (primary N) is 1. The van der Waals surface area contributed by atoms with Gasteiger partial charge in [0.05, 0.1) is 0 Å². The minimum atomic E-state index is 0.273. The maximum absolute atomic E-state index is 6.02. The molecule has 1 aromatic rings. The monoisotopic (exact) mass is 150 g/mol. The fourth-order valence-corrected chi connectivity index (χ4v) is 1.52. The van der Waals surface area contributed by atoms with Crippen molar-refractivity contribution in [3.05, 3.63) is 24.0 Å². The average Bonchev–Trinajstić information content (AvgIpc) is 2.74. The standard InChI is InChI=1S/C9H14N2/c1-11-6-2-3-8(11)9(10)7-4-5-7/h2-3,6-7,9H,4-5,10H2,1H3/t9-/m1/s1. The zero-order chi connectivity index (χ0) is 7.84. The van der Waals surface area contributed by atoms with Crippen LogP contribution in [-0.2, 0) is 7.05 Å². The summed E-state index contributed by atoms with van der Waals surface area (Å²) in [4.78, 5) is 0. The van der Waals surface area contributed by atoms with Gasteiger partial charge in [-0.1, -0.05) is 0 Å². The van der Waals surface area contributed by atoms with E-state index in [0.717, 1.165) is 5.92 Å². The van der Waals surface area contributed by atoms with Gasteiger partial charge in [0.1, 0.15) is 0 Å². The fraction of sp³-hybridized carbons (Fsp3) is 0.556. The molecule has 60 valence electrons. The first-order valence-electron chi connectivity index (χ1n) is 4.16. The van der Waals surface area contributed by atoms with E-state index in [-0.39, 0.29) is 6.04 Å². The first-order valence-corrected chi connectivity index (χ1v) is 4.16. The van der Waals surface area contributed by atoms with Crippen molar-refractivity contribution in [1.82, 2.24) is 4.57 Å². The van der Waals surface area contributed by atoms with Crippen LogP contribution in [0.4, 0.5) is 0 Å². The zero-order valence-corrected chi connectivity index (χ0v) is 6.83. The van der Waals surface area contributed by atoms with E-state index < -0.39 is 0 Å². The lowest BCUT2D eigenvalue weighted by molar-refractivity contribution is 0.589. The van der Waals surface area contributed by atoms with Gasteiger partial charge in [-0.2, -0.15) is 0 Å². The molecule has 11 heavy (non-hydrogen) atoms. The third-order valence-electron chi connectivity index (χ3n) is 2.46. The molecule has 2 heteroatoms. The third kappa shape index (κ3) is 1.18. The minimum Gasteiger partial charge on any atom is -0.353 e. The number of hydrogen-bond donors (Lipinski definition) is 1. The molecule has 1 saturated carbocycles. The molecule has 1 aliphatic carbocycles. The van der Waals surface area contributed by atoms with Crippen LogP contribution in [0, 0.1) is 5.92 Å². The van der Waals surface area contributed by atoms with Crippen molar-refractivity contribution in [3.8, 4) is 0 Å². The Morgan fingerprint density at radius 1 is 1.64 bits per heavy atom. The van der Waals surface area contributed by atoms with Crippen molar-refractivity contribution in [2.24, 2.45) is 18.7 Å². The highest BCUT2D eigenvalue weighted by Gasteiger charge is 2.30. The number of hydrogen-bond acceptors (Lipinski definition) is 1. The minimum absolute atomic E-state index is 0.273. The highest BCUT2D eigenvalue weighted by atomic mass is 15.0. The summed E-state index contributed by atoms with van der Waals surface area (Å²) in [6.45, 7) is 0. The van der Waals surface area contributed by atoms with Crippen molar-refractivity contribution < 1.29 is 0 Å². The van der Waals surface area contributed by atoms with E-state index in [1.165, 1.54) is 18.5 Å². The van der Waals surface area contributed by atoms with Crippen molar-refractivity contribution in [3.63, 3.8) is 0 Å². The molecule has 0 saturated heterocycles. The maximum Gasteiger partial charge on any atom is 0.0478 e. The van der Waals surface area contributed by atoms with Crippen LogP contribution in [-0.4, -0.2) is 4.57 Å². The van der Waals surface area contributed by atoms with Crippen LogP contribution in [0.25, 0.3) is 0 Å². The summed E-state index contributed by atoms with van der Waals surface area (Å²) < 4.78 is 2.11. The lowest BCUT2D eigenvalue weighted by atomic mass is 10.1. The number of aromatic nitrogens is 1. The van der Waals surface area contributed by atoms with Crippen LogP contribution >= 0.6 is 0 Å². The van der Waals surface area contributed by atoms with Crippen LogP contribution in [0.15, 0.2) is 18.3 Å². The molecule has 1 heterocycles. The van der Waals surface area contributed by atoms with Crippen molar-refractivity contribution in [1.29, 1.82) is 0 Å². The smallest absolute Gasteiger partial charge is 0.0478 e. The quantitative estimate of drug-likeness (QED) is 0.679.